The van der Waals surface area contributed by atoms with E-state index in [0.29, 0.717) is 6.04 Å². The third-order valence-electron chi connectivity index (χ3n) is 6.04. The van der Waals surface area contributed by atoms with Gasteiger partial charge in [0, 0.05) is 35.1 Å². The van der Waals surface area contributed by atoms with Crippen LogP contribution in [0, 0.1) is 13.8 Å². The minimum Gasteiger partial charge on any atom is -0.357 e. The molecule has 0 bridgehead atoms. The first-order valence-corrected chi connectivity index (χ1v) is 10.1. The highest BCUT2D eigenvalue weighted by Crippen LogP contribution is 2.31. The lowest BCUT2D eigenvalue weighted by Gasteiger charge is -2.24. The van der Waals surface area contributed by atoms with Crippen LogP contribution >= 0.6 is 0 Å². The molecule has 2 heterocycles. The van der Waals surface area contributed by atoms with Crippen molar-refractivity contribution in [1.29, 1.82) is 0 Å². The van der Waals surface area contributed by atoms with E-state index in [1.807, 2.05) is 0 Å². The van der Waals surface area contributed by atoms with Crippen LogP contribution in [0.1, 0.15) is 47.0 Å². The Morgan fingerprint density at radius 1 is 1.11 bits per heavy atom. The summed E-state index contributed by atoms with van der Waals surface area (Å²) in [6.07, 6.45) is 5.50. The van der Waals surface area contributed by atoms with E-state index in [1.165, 1.54) is 51.1 Å². The number of aromatic amines is 1. The average molecular weight is 371 g/mol. The molecule has 0 radical (unpaired) electrons. The molecule has 142 valence electrons. The molecule has 1 atom stereocenters. The Morgan fingerprint density at radius 2 is 2.00 bits per heavy atom. The second-order valence-corrected chi connectivity index (χ2v) is 7.93. The van der Waals surface area contributed by atoms with Crippen LogP contribution in [0.5, 0.6) is 0 Å². The Morgan fingerprint density at radius 3 is 2.86 bits per heavy atom. The highest BCUT2D eigenvalue weighted by molar-refractivity contribution is 5.80. The fourth-order valence-electron chi connectivity index (χ4n) is 4.31. The average Bonchev–Trinajstić information content (AvgIpc) is 3.32. The number of aromatic nitrogens is 3. The molecule has 0 aliphatic heterocycles. The van der Waals surface area contributed by atoms with Crippen LogP contribution in [0.15, 0.2) is 54.7 Å². The van der Waals surface area contributed by atoms with Crippen LogP contribution in [0.2, 0.25) is 0 Å². The Hall–Kier alpha value is -2.85. The first kappa shape index (κ1) is 17.3. The van der Waals surface area contributed by atoms with Gasteiger partial charge in [-0.05, 0) is 73.9 Å². The zero-order valence-corrected chi connectivity index (χ0v) is 16.5. The van der Waals surface area contributed by atoms with Gasteiger partial charge in [0.25, 0.3) is 0 Å². The fraction of sp³-hybridized carbons (Fsp3) is 0.292. The molecule has 0 saturated carbocycles. The smallest absolute Gasteiger partial charge is 0.0651 e. The van der Waals surface area contributed by atoms with E-state index >= 15 is 0 Å². The van der Waals surface area contributed by atoms with Crippen molar-refractivity contribution in [2.75, 3.05) is 0 Å². The molecule has 2 aromatic heterocycles. The van der Waals surface area contributed by atoms with Crippen LogP contribution in [0.4, 0.5) is 0 Å². The molecule has 4 heteroatoms. The second-order valence-electron chi connectivity index (χ2n) is 7.93. The summed E-state index contributed by atoms with van der Waals surface area (Å²) in [6, 6.07) is 17.6. The van der Waals surface area contributed by atoms with Crippen molar-refractivity contribution in [2.24, 2.45) is 0 Å². The van der Waals surface area contributed by atoms with Crippen LogP contribution in [-0.2, 0) is 13.0 Å². The van der Waals surface area contributed by atoms with E-state index in [9.17, 15) is 0 Å². The van der Waals surface area contributed by atoms with Crippen molar-refractivity contribution in [1.82, 2.24) is 20.1 Å². The van der Waals surface area contributed by atoms with Crippen molar-refractivity contribution >= 4 is 10.9 Å². The Bertz CT molecular complexity index is 1100. The number of benzene rings is 2. The van der Waals surface area contributed by atoms with Crippen molar-refractivity contribution in [3.63, 3.8) is 0 Å². The van der Waals surface area contributed by atoms with E-state index < -0.39 is 0 Å². The summed E-state index contributed by atoms with van der Waals surface area (Å²) >= 11 is 0. The highest BCUT2D eigenvalue weighted by Gasteiger charge is 2.24. The van der Waals surface area contributed by atoms with Gasteiger partial charge in [0.1, 0.15) is 0 Å². The quantitative estimate of drug-likeness (QED) is 0.523. The van der Waals surface area contributed by atoms with Crippen LogP contribution in [0.3, 0.4) is 0 Å². The molecule has 4 aromatic rings. The Balaban J connectivity index is 1.38. The monoisotopic (exact) mass is 370 g/mol. The SMILES string of the molecule is Cc1ccc(-n2ncc3c2CCCC3NCc2cc3ccccc3[nH]2)cc1C. The van der Waals surface area contributed by atoms with E-state index in [0.717, 1.165) is 19.4 Å². The van der Waals surface area contributed by atoms with Gasteiger partial charge < -0.3 is 10.3 Å². The number of hydrogen-bond donors (Lipinski definition) is 2. The van der Waals surface area contributed by atoms with Gasteiger partial charge in [0.15, 0.2) is 0 Å². The lowest BCUT2D eigenvalue weighted by Crippen LogP contribution is -2.25. The largest absolute Gasteiger partial charge is 0.357 e. The van der Waals surface area contributed by atoms with Gasteiger partial charge in [0.05, 0.1) is 11.9 Å². The maximum absolute atomic E-state index is 4.75. The van der Waals surface area contributed by atoms with Crippen LogP contribution in [0.25, 0.3) is 16.6 Å². The van der Waals surface area contributed by atoms with E-state index in [2.05, 4.69) is 83.6 Å². The van der Waals surface area contributed by atoms with Crippen LogP contribution in [-0.4, -0.2) is 14.8 Å². The Kier molecular flexibility index (Phi) is 4.29. The summed E-state index contributed by atoms with van der Waals surface area (Å²) in [5.41, 5.74) is 8.93. The van der Waals surface area contributed by atoms with E-state index in [1.54, 1.807) is 0 Å². The topological polar surface area (TPSA) is 45.6 Å². The summed E-state index contributed by atoms with van der Waals surface area (Å²) in [7, 11) is 0. The first-order chi connectivity index (χ1) is 13.7. The molecule has 1 unspecified atom stereocenters. The molecule has 2 aromatic carbocycles. The summed E-state index contributed by atoms with van der Waals surface area (Å²) < 4.78 is 2.14. The van der Waals surface area contributed by atoms with Gasteiger partial charge in [-0.25, -0.2) is 4.68 Å². The van der Waals surface area contributed by atoms with E-state index in [4.69, 9.17) is 5.10 Å². The van der Waals surface area contributed by atoms with Gasteiger partial charge in [-0.3, -0.25) is 0 Å². The van der Waals surface area contributed by atoms with Crippen molar-refractivity contribution in [3.05, 3.63) is 82.8 Å². The molecule has 0 saturated heterocycles. The Labute approximate surface area is 165 Å². The molecule has 1 aliphatic carbocycles. The number of rotatable bonds is 4. The minimum absolute atomic E-state index is 0.357. The van der Waals surface area contributed by atoms with Gasteiger partial charge in [0.2, 0.25) is 0 Å². The lowest BCUT2D eigenvalue weighted by atomic mass is 9.92. The van der Waals surface area contributed by atoms with E-state index in [-0.39, 0.29) is 0 Å². The molecule has 2 N–H and O–H groups in total. The maximum atomic E-state index is 4.75. The summed E-state index contributed by atoms with van der Waals surface area (Å²) in [5, 5.41) is 9.77. The normalized spacial score (nSPS) is 16.4. The zero-order chi connectivity index (χ0) is 19.1. The number of fused-ring (bicyclic) bond motifs is 2. The standard InChI is InChI=1S/C24H26N4/c1-16-10-11-20(12-17(16)2)28-24-9-5-8-23(21(24)15-26-28)25-14-19-13-18-6-3-4-7-22(18)27-19/h3-4,6-7,10-13,15,23,25,27H,5,8-9,14H2,1-2H3. The zero-order valence-electron chi connectivity index (χ0n) is 16.5. The fourth-order valence-corrected chi connectivity index (χ4v) is 4.31. The second kappa shape index (κ2) is 6.95. The molecule has 4 nitrogen and oxygen atoms in total. The third kappa shape index (κ3) is 3.04. The predicted octanol–water partition coefficient (Wildman–Crippen LogP) is 5.14. The third-order valence-corrected chi connectivity index (χ3v) is 6.04. The molecule has 1 aliphatic rings. The van der Waals surface area contributed by atoms with Gasteiger partial charge in [-0.2, -0.15) is 5.10 Å². The van der Waals surface area contributed by atoms with Gasteiger partial charge in [-0.15, -0.1) is 0 Å². The molecule has 5 rings (SSSR count). The van der Waals surface area contributed by atoms with Crippen molar-refractivity contribution in [3.8, 4) is 5.69 Å². The molecule has 28 heavy (non-hydrogen) atoms. The molecular weight excluding hydrogens is 344 g/mol. The number of hydrogen-bond acceptors (Lipinski definition) is 2. The molecule has 0 fully saturated rings. The lowest BCUT2D eigenvalue weighted by molar-refractivity contribution is 0.452. The molecular formula is C24H26N4. The number of nitrogens with zero attached hydrogens (tertiary/aromatic N) is 2. The summed E-state index contributed by atoms with van der Waals surface area (Å²) in [4.78, 5) is 3.52. The summed E-state index contributed by atoms with van der Waals surface area (Å²) in [5.74, 6) is 0. The number of para-hydroxylation sites is 1. The van der Waals surface area contributed by atoms with Crippen LogP contribution < -0.4 is 5.32 Å². The van der Waals surface area contributed by atoms with Crippen molar-refractivity contribution in [2.45, 2.75) is 45.7 Å². The minimum atomic E-state index is 0.357. The first-order valence-electron chi connectivity index (χ1n) is 10.1. The maximum Gasteiger partial charge on any atom is 0.0651 e. The number of aryl methyl sites for hydroxylation is 2. The van der Waals surface area contributed by atoms with Gasteiger partial charge in [-0.1, -0.05) is 24.3 Å². The predicted molar refractivity (Wildman–Crippen MR) is 114 cm³/mol. The molecule has 0 amide bonds. The number of nitrogens with one attached hydrogen (secondary N) is 2. The molecule has 0 spiro atoms. The highest BCUT2D eigenvalue weighted by atomic mass is 15.3. The van der Waals surface area contributed by atoms with Gasteiger partial charge >= 0.3 is 0 Å². The summed E-state index contributed by atoms with van der Waals surface area (Å²) in [6.45, 7) is 5.16. The van der Waals surface area contributed by atoms with Crippen molar-refractivity contribution < 1.29 is 0 Å². The number of H-pyrrole nitrogens is 1.